The molecule has 0 bridgehead atoms. The molecule has 0 unspecified atom stereocenters. The maximum absolute atomic E-state index is 13.0. The summed E-state index contributed by atoms with van der Waals surface area (Å²) < 4.78 is 26.9. The molecule has 2 aliphatic rings. The highest BCUT2D eigenvalue weighted by molar-refractivity contribution is 7.89. The molecule has 2 aliphatic heterocycles. The quantitative estimate of drug-likeness (QED) is 0.477. The Balaban J connectivity index is 1.15. The van der Waals surface area contributed by atoms with Gasteiger partial charge in [-0.15, -0.1) is 11.3 Å². The van der Waals surface area contributed by atoms with Crippen LogP contribution in [0, 0.1) is 0 Å². The smallest absolute Gasteiger partial charge is 0.253 e. The number of piperazine rings is 1. The van der Waals surface area contributed by atoms with Crippen molar-refractivity contribution >= 4 is 38.9 Å². The summed E-state index contributed by atoms with van der Waals surface area (Å²) in [5.74, 6) is -0.0611. The molecule has 0 radical (unpaired) electrons. The highest BCUT2D eigenvalue weighted by Gasteiger charge is 2.28. The van der Waals surface area contributed by atoms with E-state index in [4.69, 9.17) is 16.6 Å². The van der Waals surface area contributed by atoms with Crippen molar-refractivity contribution in [2.75, 3.05) is 39.3 Å². The van der Waals surface area contributed by atoms with Crippen LogP contribution in [-0.4, -0.2) is 72.7 Å². The molecule has 2 saturated heterocycles. The Labute approximate surface area is 215 Å². The molecule has 10 heteroatoms. The molecule has 1 amide bonds. The molecule has 3 heterocycles. The predicted molar refractivity (Wildman–Crippen MR) is 138 cm³/mol. The first-order valence-corrected chi connectivity index (χ1v) is 14.4. The first-order chi connectivity index (χ1) is 16.9. The summed E-state index contributed by atoms with van der Waals surface area (Å²) in [6, 6.07) is 14.0. The minimum Gasteiger partial charge on any atom is -0.336 e. The number of nitrogens with zero attached hydrogens (tertiary/aromatic N) is 4. The van der Waals surface area contributed by atoms with Gasteiger partial charge in [-0.1, -0.05) is 23.7 Å². The van der Waals surface area contributed by atoms with Crippen LogP contribution < -0.4 is 0 Å². The van der Waals surface area contributed by atoms with E-state index in [1.807, 2.05) is 29.2 Å². The molecule has 0 aliphatic carbocycles. The Morgan fingerprint density at radius 2 is 1.57 bits per heavy atom. The van der Waals surface area contributed by atoms with Gasteiger partial charge in [0.05, 0.1) is 17.1 Å². The number of carbonyl (C=O) groups is 1. The molecule has 0 atom stereocenters. The van der Waals surface area contributed by atoms with Crippen molar-refractivity contribution in [2.24, 2.45) is 0 Å². The molecule has 0 spiro atoms. The van der Waals surface area contributed by atoms with E-state index >= 15 is 0 Å². The lowest BCUT2D eigenvalue weighted by Crippen LogP contribution is -2.48. The molecule has 2 aromatic carbocycles. The molecule has 35 heavy (non-hydrogen) atoms. The minimum absolute atomic E-state index is 0.0611. The van der Waals surface area contributed by atoms with Crippen molar-refractivity contribution in [3.05, 3.63) is 69.5 Å². The lowest BCUT2D eigenvalue weighted by molar-refractivity contribution is 0.0628. The third-order valence-electron chi connectivity index (χ3n) is 6.51. The second-order valence-corrected chi connectivity index (χ2v) is 12.2. The van der Waals surface area contributed by atoms with Gasteiger partial charge in [0.25, 0.3) is 5.91 Å². The van der Waals surface area contributed by atoms with Gasteiger partial charge in [0.15, 0.2) is 0 Å². The molecule has 184 valence electrons. The zero-order valence-electron chi connectivity index (χ0n) is 19.3. The topological polar surface area (TPSA) is 73.8 Å². The Bertz CT molecular complexity index is 1280. The van der Waals surface area contributed by atoms with E-state index in [1.165, 1.54) is 4.31 Å². The fraction of sp³-hybridized carbons (Fsp3) is 0.360. The van der Waals surface area contributed by atoms with Gasteiger partial charge in [-0.2, -0.15) is 4.31 Å². The van der Waals surface area contributed by atoms with Crippen LogP contribution in [-0.2, 0) is 16.6 Å². The molecule has 7 nitrogen and oxygen atoms in total. The second-order valence-electron chi connectivity index (χ2n) is 8.84. The normalized spacial score (nSPS) is 17.7. The van der Waals surface area contributed by atoms with Crippen LogP contribution in [0.1, 0.15) is 28.2 Å². The van der Waals surface area contributed by atoms with Crippen molar-refractivity contribution < 1.29 is 13.2 Å². The van der Waals surface area contributed by atoms with Crippen LogP contribution in [0.25, 0.3) is 11.3 Å². The van der Waals surface area contributed by atoms with Gasteiger partial charge in [0.1, 0.15) is 5.01 Å². The van der Waals surface area contributed by atoms with Crippen LogP contribution in [0.4, 0.5) is 0 Å². The molecule has 2 fully saturated rings. The number of carbonyl (C=O) groups excluding carboxylic acids is 1. The van der Waals surface area contributed by atoms with Gasteiger partial charge >= 0.3 is 0 Å². The number of amides is 1. The summed E-state index contributed by atoms with van der Waals surface area (Å²) in [5.41, 5.74) is 2.52. The summed E-state index contributed by atoms with van der Waals surface area (Å²) in [6.45, 7) is 4.67. The molecule has 0 saturated carbocycles. The fourth-order valence-electron chi connectivity index (χ4n) is 4.47. The number of halogens is 1. The van der Waals surface area contributed by atoms with E-state index in [0.717, 1.165) is 48.7 Å². The van der Waals surface area contributed by atoms with Crippen LogP contribution in [0.2, 0.25) is 5.02 Å². The Morgan fingerprint density at radius 1 is 0.914 bits per heavy atom. The Morgan fingerprint density at radius 3 is 2.23 bits per heavy atom. The molecule has 0 N–H and O–H groups in total. The van der Waals surface area contributed by atoms with Gasteiger partial charge in [0.2, 0.25) is 10.0 Å². The first kappa shape index (κ1) is 24.4. The summed E-state index contributed by atoms with van der Waals surface area (Å²) in [7, 11) is -3.47. The number of benzene rings is 2. The average molecular weight is 531 g/mol. The number of aromatic nitrogens is 1. The maximum atomic E-state index is 13.0. The monoisotopic (exact) mass is 530 g/mol. The van der Waals surface area contributed by atoms with Gasteiger partial charge in [-0.05, 0) is 49.2 Å². The van der Waals surface area contributed by atoms with Crippen LogP contribution in [0.3, 0.4) is 0 Å². The van der Waals surface area contributed by atoms with E-state index < -0.39 is 10.0 Å². The third-order valence-corrected chi connectivity index (χ3v) is 9.51. The third kappa shape index (κ3) is 5.44. The lowest BCUT2D eigenvalue weighted by atomic mass is 10.2. The summed E-state index contributed by atoms with van der Waals surface area (Å²) in [4.78, 5) is 22.1. The van der Waals surface area contributed by atoms with Crippen molar-refractivity contribution in [1.82, 2.24) is 19.1 Å². The van der Waals surface area contributed by atoms with Gasteiger partial charge in [-0.3, -0.25) is 9.69 Å². The first-order valence-electron chi connectivity index (χ1n) is 11.7. The SMILES string of the molecule is O=C(c1ccc(S(=O)(=O)N2CCCC2)cc1)N1CCN(Cc2nc(-c3ccc(Cl)cc3)cs2)CC1. The van der Waals surface area contributed by atoms with Gasteiger partial charge in [-0.25, -0.2) is 13.4 Å². The predicted octanol–water partition coefficient (Wildman–Crippen LogP) is 4.21. The number of rotatable bonds is 6. The molecule has 3 aromatic rings. The summed E-state index contributed by atoms with van der Waals surface area (Å²) in [6.07, 6.45) is 1.79. The van der Waals surface area contributed by atoms with E-state index in [1.54, 1.807) is 35.6 Å². The lowest BCUT2D eigenvalue weighted by Gasteiger charge is -2.34. The Hall–Kier alpha value is -2.30. The van der Waals surface area contributed by atoms with Crippen molar-refractivity contribution in [3.8, 4) is 11.3 Å². The Kier molecular flexibility index (Phi) is 7.22. The standard InChI is InChI=1S/C25H27ClN4O3S2/c26-21-7-3-19(4-8-21)23-18-34-24(27-23)17-28-13-15-29(16-14-28)25(31)20-5-9-22(10-6-20)35(32,33)30-11-1-2-12-30/h3-10,18H,1-2,11-17H2. The number of hydrogen-bond acceptors (Lipinski definition) is 6. The van der Waals surface area contributed by atoms with E-state index in [-0.39, 0.29) is 10.8 Å². The van der Waals surface area contributed by atoms with E-state index in [9.17, 15) is 13.2 Å². The van der Waals surface area contributed by atoms with Crippen molar-refractivity contribution in [1.29, 1.82) is 0 Å². The highest BCUT2D eigenvalue weighted by Crippen LogP contribution is 2.25. The van der Waals surface area contributed by atoms with E-state index in [2.05, 4.69) is 10.3 Å². The van der Waals surface area contributed by atoms with Gasteiger partial charge in [0, 0.05) is 60.8 Å². The van der Waals surface area contributed by atoms with Gasteiger partial charge < -0.3 is 4.90 Å². The molecular weight excluding hydrogens is 504 g/mol. The minimum atomic E-state index is -3.47. The number of hydrogen-bond donors (Lipinski definition) is 0. The van der Waals surface area contributed by atoms with Crippen molar-refractivity contribution in [2.45, 2.75) is 24.3 Å². The molecule has 1 aromatic heterocycles. The zero-order chi connectivity index (χ0) is 24.4. The van der Waals surface area contributed by atoms with Crippen LogP contribution in [0.15, 0.2) is 58.8 Å². The largest absolute Gasteiger partial charge is 0.336 e. The molecular formula is C25H27ClN4O3S2. The fourth-order valence-corrected chi connectivity index (χ4v) is 6.95. The number of thiazole rings is 1. The van der Waals surface area contributed by atoms with Crippen molar-refractivity contribution in [3.63, 3.8) is 0 Å². The zero-order valence-corrected chi connectivity index (χ0v) is 21.7. The highest BCUT2D eigenvalue weighted by atomic mass is 35.5. The van der Waals surface area contributed by atoms with E-state index in [0.29, 0.717) is 36.8 Å². The summed E-state index contributed by atoms with van der Waals surface area (Å²) >= 11 is 7.62. The van der Waals surface area contributed by atoms with Crippen LogP contribution in [0.5, 0.6) is 0 Å². The second kappa shape index (κ2) is 10.4. The number of sulfonamides is 1. The van der Waals surface area contributed by atoms with Crippen LogP contribution >= 0.6 is 22.9 Å². The average Bonchev–Trinajstić information content (AvgIpc) is 3.58. The molecule has 5 rings (SSSR count). The summed E-state index contributed by atoms with van der Waals surface area (Å²) in [5, 5.41) is 3.82. The maximum Gasteiger partial charge on any atom is 0.253 e.